The van der Waals surface area contributed by atoms with Gasteiger partial charge in [0.15, 0.2) is 12.4 Å². The summed E-state index contributed by atoms with van der Waals surface area (Å²) in [5, 5.41) is 3.12. The predicted octanol–water partition coefficient (Wildman–Crippen LogP) is 5.11. The first-order chi connectivity index (χ1) is 18.7. The highest BCUT2D eigenvalue weighted by atomic mass is 127. The second-order valence-corrected chi connectivity index (χ2v) is 10.4. The van der Waals surface area contributed by atoms with Crippen LogP contribution in [0.4, 0.5) is 0 Å². The molecule has 1 amide bonds. The monoisotopic (exact) mass is 652 g/mol. The van der Waals surface area contributed by atoms with E-state index in [1.54, 1.807) is 7.11 Å². The number of carbonyl (C=O) groups excluding carboxylic acids is 1. The van der Waals surface area contributed by atoms with Crippen molar-refractivity contribution in [2.24, 2.45) is 0 Å². The van der Waals surface area contributed by atoms with Crippen LogP contribution in [-0.4, -0.2) is 19.6 Å². The van der Waals surface area contributed by atoms with Crippen molar-refractivity contribution < 1.29 is 42.8 Å². The molecule has 1 N–H and O–H groups in total. The Bertz CT molecular complexity index is 879. The van der Waals surface area contributed by atoms with Gasteiger partial charge in [0.1, 0.15) is 11.5 Å². The largest absolute Gasteiger partial charge is 1.00 e. The number of amides is 1. The minimum atomic E-state index is -0.0672. The zero-order chi connectivity index (χ0) is 27.3. The fraction of sp³-hybridized carbons (Fsp3) is 0.636. The molecule has 220 valence electrons. The van der Waals surface area contributed by atoms with Crippen LogP contribution in [0.1, 0.15) is 122 Å². The van der Waals surface area contributed by atoms with Crippen LogP contribution >= 0.6 is 0 Å². The summed E-state index contributed by atoms with van der Waals surface area (Å²) in [6.07, 6.45) is 23.9. The van der Waals surface area contributed by atoms with Crippen molar-refractivity contribution in [1.29, 1.82) is 0 Å². The number of nitrogens with zero attached hydrogens (tertiary/aromatic N) is 1. The number of pyridine rings is 1. The smallest absolute Gasteiger partial charge is 0.233 e. The standard InChI is InChI=1S/C33H52N2O3.HI/c1-4-6-7-8-9-10-11-12-13-14-15-16-17-21-26-38-30-23-22-29(31(28-30)37-3)27-33(36)34-32(5-2)35-24-19-18-20-25-35;/h18-20,22-25,28,32H,4-17,21,26-27H2,1-3H3;1H. The molecule has 0 radical (unpaired) electrons. The third-order valence-corrected chi connectivity index (χ3v) is 7.19. The number of methoxy groups -OCH3 is 1. The molecule has 5 nitrogen and oxygen atoms in total. The number of nitrogens with one attached hydrogen (secondary N) is 1. The minimum absolute atomic E-state index is 0. The van der Waals surface area contributed by atoms with Gasteiger partial charge in [0.25, 0.3) is 0 Å². The number of rotatable bonds is 22. The molecule has 0 saturated heterocycles. The average molecular weight is 653 g/mol. The normalized spacial score (nSPS) is 11.5. The van der Waals surface area contributed by atoms with Gasteiger partial charge in [0.05, 0.1) is 20.1 Å². The molecule has 2 rings (SSSR count). The van der Waals surface area contributed by atoms with Gasteiger partial charge in [-0.1, -0.05) is 109 Å². The summed E-state index contributed by atoms with van der Waals surface area (Å²) in [4.78, 5) is 12.7. The number of hydrogen-bond donors (Lipinski definition) is 1. The van der Waals surface area contributed by atoms with Crippen molar-refractivity contribution in [2.75, 3.05) is 13.7 Å². The van der Waals surface area contributed by atoms with Gasteiger partial charge in [-0.25, -0.2) is 0 Å². The Labute approximate surface area is 255 Å². The maximum absolute atomic E-state index is 12.7. The van der Waals surface area contributed by atoms with E-state index in [4.69, 9.17) is 9.47 Å². The summed E-state index contributed by atoms with van der Waals surface area (Å²) in [5.41, 5.74) is 0.863. The molecule has 6 heteroatoms. The zero-order valence-corrected chi connectivity index (χ0v) is 26.9. The van der Waals surface area contributed by atoms with Gasteiger partial charge in [-0.2, -0.15) is 4.57 Å². The summed E-state index contributed by atoms with van der Waals surface area (Å²) in [5.74, 6) is 1.47. The van der Waals surface area contributed by atoms with Crippen LogP contribution in [0.3, 0.4) is 0 Å². The molecule has 1 unspecified atom stereocenters. The van der Waals surface area contributed by atoms with E-state index in [0.29, 0.717) is 12.4 Å². The van der Waals surface area contributed by atoms with Gasteiger partial charge in [-0.05, 0) is 12.5 Å². The molecular formula is C33H53IN2O3. The zero-order valence-electron chi connectivity index (χ0n) is 24.8. The number of carbonyl (C=O) groups is 1. The van der Waals surface area contributed by atoms with E-state index in [1.165, 1.54) is 83.5 Å². The summed E-state index contributed by atoms with van der Waals surface area (Å²) < 4.78 is 13.6. The summed E-state index contributed by atoms with van der Waals surface area (Å²) in [6.45, 7) is 5.06. The SMILES string of the molecule is CCCCCCCCCCCCCCCCOc1ccc(CC(=O)NC(CC)[n+]2ccccc2)c(OC)c1.[I-]. The van der Waals surface area contributed by atoms with E-state index in [9.17, 15) is 4.79 Å². The molecule has 0 spiro atoms. The van der Waals surface area contributed by atoms with Gasteiger partial charge in [0, 0.05) is 30.2 Å². The number of halogens is 1. The molecule has 0 saturated carbocycles. The van der Waals surface area contributed by atoms with Crippen molar-refractivity contribution in [2.45, 2.75) is 123 Å². The third-order valence-electron chi connectivity index (χ3n) is 7.19. The van der Waals surface area contributed by atoms with E-state index >= 15 is 0 Å². The summed E-state index contributed by atoms with van der Waals surface area (Å²) in [7, 11) is 1.64. The van der Waals surface area contributed by atoms with E-state index in [0.717, 1.165) is 24.2 Å². The van der Waals surface area contributed by atoms with Crippen LogP contribution in [0.25, 0.3) is 0 Å². The van der Waals surface area contributed by atoms with E-state index in [2.05, 4.69) is 19.2 Å². The van der Waals surface area contributed by atoms with Crippen LogP contribution < -0.4 is 43.3 Å². The molecular weight excluding hydrogens is 599 g/mol. The first-order valence-corrected chi connectivity index (χ1v) is 15.2. The van der Waals surface area contributed by atoms with Gasteiger partial charge < -0.3 is 33.5 Å². The first kappa shape index (κ1) is 35.2. The molecule has 0 fully saturated rings. The van der Waals surface area contributed by atoms with Crippen molar-refractivity contribution in [3.63, 3.8) is 0 Å². The predicted molar refractivity (Wildman–Crippen MR) is 157 cm³/mol. The van der Waals surface area contributed by atoms with Crippen LogP contribution in [0.5, 0.6) is 11.5 Å². The summed E-state index contributed by atoms with van der Waals surface area (Å²) >= 11 is 0. The van der Waals surface area contributed by atoms with Crippen molar-refractivity contribution in [1.82, 2.24) is 5.32 Å². The van der Waals surface area contributed by atoms with Gasteiger partial charge in [-0.15, -0.1) is 0 Å². The molecule has 1 atom stereocenters. The second kappa shape index (κ2) is 22.9. The van der Waals surface area contributed by atoms with Crippen molar-refractivity contribution >= 4 is 5.91 Å². The number of ether oxygens (including phenoxy) is 2. The van der Waals surface area contributed by atoms with E-state index < -0.39 is 0 Å². The minimum Gasteiger partial charge on any atom is -1.00 e. The topological polar surface area (TPSA) is 51.4 Å². The van der Waals surface area contributed by atoms with Gasteiger partial charge >= 0.3 is 0 Å². The van der Waals surface area contributed by atoms with Gasteiger partial charge in [-0.3, -0.25) is 10.1 Å². The lowest BCUT2D eigenvalue weighted by Gasteiger charge is -2.14. The molecule has 1 aromatic carbocycles. The lowest BCUT2D eigenvalue weighted by molar-refractivity contribution is -0.727. The molecule has 0 aliphatic heterocycles. The van der Waals surface area contributed by atoms with E-state index in [1.807, 2.05) is 53.4 Å². The van der Waals surface area contributed by atoms with Crippen LogP contribution in [0.2, 0.25) is 0 Å². The Morgan fingerprint density at radius 2 is 1.38 bits per heavy atom. The number of aromatic nitrogens is 1. The first-order valence-electron chi connectivity index (χ1n) is 15.2. The maximum atomic E-state index is 12.7. The average Bonchev–Trinajstić information content (AvgIpc) is 2.95. The number of unbranched alkanes of at least 4 members (excludes halogenated alkanes) is 13. The molecule has 0 aliphatic carbocycles. The Morgan fingerprint density at radius 1 is 0.821 bits per heavy atom. The fourth-order valence-electron chi connectivity index (χ4n) is 4.86. The highest BCUT2D eigenvalue weighted by Gasteiger charge is 2.19. The quantitative estimate of drug-likeness (QED) is 0.109. The molecule has 0 aliphatic rings. The number of benzene rings is 1. The lowest BCUT2D eigenvalue weighted by Crippen LogP contribution is -3.00. The molecule has 1 heterocycles. The number of hydrogen-bond acceptors (Lipinski definition) is 3. The van der Waals surface area contributed by atoms with E-state index in [-0.39, 0.29) is 42.5 Å². The van der Waals surface area contributed by atoms with Crippen LogP contribution in [0, 0.1) is 0 Å². The van der Waals surface area contributed by atoms with Gasteiger partial charge in [0.2, 0.25) is 12.1 Å². The van der Waals surface area contributed by atoms with Crippen molar-refractivity contribution in [3.05, 3.63) is 54.4 Å². The highest BCUT2D eigenvalue weighted by Crippen LogP contribution is 2.25. The Morgan fingerprint density at radius 3 is 1.92 bits per heavy atom. The Kier molecular flexibility index (Phi) is 20.7. The second-order valence-electron chi connectivity index (χ2n) is 10.4. The highest BCUT2D eigenvalue weighted by molar-refractivity contribution is 5.79. The Hall–Kier alpha value is -1.83. The third kappa shape index (κ3) is 15.5. The lowest BCUT2D eigenvalue weighted by atomic mass is 10.0. The Balaban J connectivity index is 0.00000760. The molecule has 0 bridgehead atoms. The molecule has 39 heavy (non-hydrogen) atoms. The summed E-state index contributed by atoms with van der Waals surface area (Å²) in [6, 6.07) is 11.7. The maximum Gasteiger partial charge on any atom is 0.233 e. The van der Waals surface area contributed by atoms with Crippen LogP contribution in [-0.2, 0) is 11.2 Å². The fourth-order valence-corrected chi connectivity index (χ4v) is 4.86. The molecule has 2 aromatic rings. The van der Waals surface area contributed by atoms with Crippen LogP contribution in [0.15, 0.2) is 48.8 Å². The van der Waals surface area contributed by atoms with Crippen molar-refractivity contribution in [3.8, 4) is 11.5 Å². The molecule has 1 aromatic heterocycles.